The van der Waals surface area contributed by atoms with Crippen LogP contribution in [0.4, 0.5) is 0 Å². The van der Waals surface area contributed by atoms with Crippen LogP contribution in [0.5, 0.6) is 0 Å². The Bertz CT molecular complexity index is 368. The van der Waals surface area contributed by atoms with Gasteiger partial charge in [0.25, 0.3) is 0 Å². The third-order valence-electron chi connectivity index (χ3n) is 2.41. The largest absolute Gasteiger partial charge is 0.461 e. The summed E-state index contributed by atoms with van der Waals surface area (Å²) in [6.07, 6.45) is 1.83. The second kappa shape index (κ2) is 8.79. The maximum absolute atomic E-state index is 11.8. The summed E-state index contributed by atoms with van der Waals surface area (Å²) in [5, 5.41) is 0. The van der Waals surface area contributed by atoms with Crippen LogP contribution in [0.1, 0.15) is 26.5 Å². The van der Waals surface area contributed by atoms with Crippen molar-refractivity contribution < 1.29 is 18.4 Å². The lowest BCUT2D eigenvalue weighted by molar-refractivity contribution is -0.145. The van der Waals surface area contributed by atoms with Gasteiger partial charge in [0.1, 0.15) is 5.73 Å². The van der Waals surface area contributed by atoms with E-state index in [-0.39, 0.29) is 18.1 Å². The zero-order chi connectivity index (χ0) is 14.1. The minimum atomic E-state index is -1.96. The Morgan fingerprint density at radius 1 is 1.32 bits per heavy atom. The molecule has 0 saturated heterocycles. The lowest BCUT2D eigenvalue weighted by Crippen LogP contribution is -2.39. The van der Waals surface area contributed by atoms with Crippen molar-refractivity contribution in [2.45, 2.75) is 32.9 Å². The Morgan fingerprint density at radius 2 is 2.00 bits per heavy atom. The van der Waals surface area contributed by atoms with Crippen molar-refractivity contribution in [1.82, 2.24) is 4.98 Å². The number of hydrogen-bond acceptors (Lipinski definition) is 5. The first-order valence-electron chi connectivity index (χ1n) is 6.50. The molecule has 5 nitrogen and oxygen atoms in total. The summed E-state index contributed by atoms with van der Waals surface area (Å²) in [5.41, 5.74) is 0.391. The van der Waals surface area contributed by atoms with E-state index in [4.69, 9.17) is 13.6 Å². The van der Waals surface area contributed by atoms with Crippen molar-refractivity contribution in [3.05, 3.63) is 30.1 Å². The summed E-state index contributed by atoms with van der Waals surface area (Å²) in [6, 6.07) is 5.45. The van der Waals surface area contributed by atoms with E-state index in [9.17, 15) is 4.79 Å². The second-order valence-corrected chi connectivity index (χ2v) is 6.31. The predicted octanol–water partition coefficient (Wildman–Crippen LogP) is 1.39. The van der Waals surface area contributed by atoms with E-state index >= 15 is 0 Å². The number of esters is 1. The first kappa shape index (κ1) is 15.8. The van der Waals surface area contributed by atoms with Gasteiger partial charge in [0.15, 0.2) is 0 Å². The third-order valence-corrected chi connectivity index (χ3v) is 4.64. The molecule has 0 amide bonds. The number of ether oxygens (including phenoxy) is 1. The fraction of sp³-hybridized carbons (Fsp3) is 0.538. The van der Waals surface area contributed by atoms with Crippen molar-refractivity contribution in [2.75, 3.05) is 13.2 Å². The molecule has 0 aromatic carbocycles. The van der Waals surface area contributed by atoms with Crippen molar-refractivity contribution >= 4 is 15.3 Å². The number of carbonyl (C=O) groups excluding carboxylic acids is 1. The van der Waals surface area contributed by atoms with E-state index in [1.807, 2.05) is 32.9 Å². The van der Waals surface area contributed by atoms with Crippen molar-refractivity contribution in [3.63, 3.8) is 0 Å². The van der Waals surface area contributed by atoms with Crippen LogP contribution in [0.25, 0.3) is 0 Å². The minimum Gasteiger partial charge on any atom is -0.461 e. The van der Waals surface area contributed by atoms with Crippen molar-refractivity contribution in [1.29, 1.82) is 0 Å². The molecule has 0 fully saturated rings. The normalized spacial score (nSPS) is 12.4. The lowest BCUT2D eigenvalue weighted by Gasteiger charge is -2.21. The first-order chi connectivity index (χ1) is 9.17. The first-order valence-corrected chi connectivity index (χ1v) is 8.10. The molecule has 0 N–H and O–H groups in total. The predicted molar refractivity (Wildman–Crippen MR) is 73.9 cm³/mol. The van der Waals surface area contributed by atoms with Gasteiger partial charge >= 0.3 is 15.3 Å². The molecule has 1 atom stereocenters. The molecule has 1 aromatic heterocycles. The third kappa shape index (κ3) is 5.95. The van der Waals surface area contributed by atoms with Gasteiger partial charge in [0.2, 0.25) is 0 Å². The Kier molecular flexibility index (Phi) is 7.31. The van der Waals surface area contributed by atoms with Gasteiger partial charge in [-0.05, 0) is 32.9 Å². The number of aromatic nitrogens is 1. The summed E-state index contributed by atoms with van der Waals surface area (Å²) in [4.78, 5) is 15.9. The Hall–Kier alpha value is -1.24. The number of nitrogens with zero attached hydrogens (tertiary/aromatic N) is 1. The van der Waals surface area contributed by atoms with Gasteiger partial charge in [0.05, 0.1) is 12.1 Å². The molecule has 0 aliphatic rings. The zero-order valence-corrected chi connectivity index (χ0v) is 12.8. The molecule has 1 heterocycles. The van der Waals surface area contributed by atoms with Gasteiger partial charge in [-0.1, -0.05) is 6.07 Å². The van der Waals surface area contributed by atoms with Crippen LogP contribution in [-0.4, -0.2) is 39.2 Å². The Morgan fingerprint density at radius 3 is 2.53 bits per heavy atom. The van der Waals surface area contributed by atoms with E-state index in [1.54, 1.807) is 12.3 Å². The standard InChI is InChI=1S/C13H21NO4Si/c1-4-16-19(17-5-2)11(3)18-13(15)10-12-8-6-7-9-14-12/h6-9,11,19H,4-5,10H2,1-3H3. The van der Waals surface area contributed by atoms with E-state index in [2.05, 4.69) is 4.98 Å². The summed E-state index contributed by atoms with van der Waals surface area (Å²) in [7, 11) is -1.96. The average molecular weight is 283 g/mol. The zero-order valence-electron chi connectivity index (χ0n) is 11.7. The van der Waals surface area contributed by atoms with E-state index in [0.717, 1.165) is 0 Å². The Balaban J connectivity index is 2.45. The topological polar surface area (TPSA) is 57.7 Å². The highest BCUT2D eigenvalue weighted by atomic mass is 28.3. The molecule has 6 heteroatoms. The van der Waals surface area contributed by atoms with E-state index < -0.39 is 9.28 Å². The molecule has 0 aliphatic heterocycles. The SMILES string of the molecule is CCO[SiH](OCC)C(C)OC(=O)Cc1ccccn1. The highest BCUT2D eigenvalue weighted by Crippen LogP contribution is 2.05. The fourth-order valence-corrected chi connectivity index (χ4v) is 3.16. The van der Waals surface area contributed by atoms with Crippen LogP contribution in [0.15, 0.2) is 24.4 Å². The van der Waals surface area contributed by atoms with Crippen LogP contribution in [0.3, 0.4) is 0 Å². The Labute approximate surface area is 115 Å². The van der Waals surface area contributed by atoms with Gasteiger partial charge in [-0.25, -0.2) is 0 Å². The molecule has 19 heavy (non-hydrogen) atoms. The maximum atomic E-state index is 11.8. The van der Waals surface area contributed by atoms with E-state index in [0.29, 0.717) is 18.9 Å². The van der Waals surface area contributed by atoms with Gasteiger partial charge in [-0.15, -0.1) is 0 Å². The summed E-state index contributed by atoms with van der Waals surface area (Å²) in [6.45, 7) is 6.76. The quantitative estimate of drug-likeness (QED) is 0.533. The summed E-state index contributed by atoms with van der Waals surface area (Å²) < 4.78 is 16.4. The van der Waals surface area contributed by atoms with Crippen molar-refractivity contribution in [3.8, 4) is 0 Å². The van der Waals surface area contributed by atoms with Crippen LogP contribution in [-0.2, 0) is 24.8 Å². The molecule has 0 spiro atoms. The minimum absolute atomic E-state index is 0.171. The monoisotopic (exact) mass is 283 g/mol. The molecule has 0 radical (unpaired) electrons. The fourth-order valence-electron chi connectivity index (χ4n) is 1.60. The molecular formula is C13H21NO4Si. The van der Waals surface area contributed by atoms with E-state index in [1.165, 1.54) is 0 Å². The van der Waals surface area contributed by atoms with Crippen LogP contribution >= 0.6 is 0 Å². The van der Waals surface area contributed by atoms with Gasteiger partial charge in [-0.3, -0.25) is 9.78 Å². The molecule has 106 valence electrons. The molecule has 0 aliphatic carbocycles. The number of pyridine rings is 1. The number of carbonyl (C=O) groups is 1. The van der Waals surface area contributed by atoms with Gasteiger partial charge < -0.3 is 13.6 Å². The molecule has 1 rings (SSSR count). The lowest BCUT2D eigenvalue weighted by atomic mass is 10.3. The maximum Gasteiger partial charge on any atom is 0.363 e. The molecular weight excluding hydrogens is 262 g/mol. The summed E-state index contributed by atoms with van der Waals surface area (Å²) in [5.74, 6) is -0.303. The highest BCUT2D eigenvalue weighted by molar-refractivity contribution is 6.46. The summed E-state index contributed by atoms with van der Waals surface area (Å²) >= 11 is 0. The molecule has 1 unspecified atom stereocenters. The smallest absolute Gasteiger partial charge is 0.363 e. The second-order valence-electron chi connectivity index (χ2n) is 3.97. The number of rotatable bonds is 8. The average Bonchev–Trinajstić information content (AvgIpc) is 2.39. The molecule has 0 bridgehead atoms. The number of hydrogen-bond donors (Lipinski definition) is 0. The molecule has 1 aromatic rings. The highest BCUT2D eigenvalue weighted by Gasteiger charge is 2.25. The van der Waals surface area contributed by atoms with Crippen molar-refractivity contribution in [2.24, 2.45) is 0 Å². The van der Waals surface area contributed by atoms with Gasteiger partial charge in [0, 0.05) is 19.4 Å². The van der Waals surface area contributed by atoms with Crippen LogP contribution in [0, 0.1) is 0 Å². The van der Waals surface area contributed by atoms with Crippen LogP contribution < -0.4 is 0 Å². The van der Waals surface area contributed by atoms with Gasteiger partial charge in [-0.2, -0.15) is 0 Å². The van der Waals surface area contributed by atoms with Crippen LogP contribution in [0.2, 0.25) is 0 Å². The molecule has 0 saturated carbocycles.